The second-order valence-electron chi connectivity index (χ2n) is 5.59. The van der Waals surface area contributed by atoms with Crippen LogP contribution in [0, 0.1) is 17.8 Å². The Hall–Kier alpha value is -0.0500. The maximum atomic E-state index is 12.4. The zero-order chi connectivity index (χ0) is 11.1. The Labute approximate surface area is 106 Å². The molecule has 0 spiro atoms. The van der Waals surface area contributed by atoms with E-state index in [1.54, 1.807) is 0 Å². The van der Waals surface area contributed by atoms with Crippen LogP contribution in [0.1, 0.15) is 38.5 Å². The first-order valence-corrected chi connectivity index (χ1v) is 7.81. The summed E-state index contributed by atoms with van der Waals surface area (Å²) >= 11 is 3.48. The minimum atomic E-state index is 0.424. The monoisotopic (exact) mass is 285 g/mol. The molecular weight excluding hydrogens is 266 g/mol. The molecule has 0 bridgehead atoms. The van der Waals surface area contributed by atoms with Crippen LogP contribution in [0.4, 0.5) is 0 Å². The fraction of sp³-hybridized carbons (Fsp3) is 0.923. The SMILES string of the molecule is O=C(C1C2CCCC21)N(CCBr)C1CCC1. The molecule has 3 heteroatoms. The number of carbonyl (C=O) groups excluding carboxylic acids is 1. The summed E-state index contributed by atoms with van der Waals surface area (Å²) in [4.78, 5) is 14.6. The summed E-state index contributed by atoms with van der Waals surface area (Å²) in [5.74, 6) is 2.45. The summed E-state index contributed by atoms with van der Waals surface area (Å²) in [5, 5.41) is 0.928. The third-order valence-electron chi connectivity index (χ3n) is 4.82. The molecule has 3 aliphatic rings. The summed E-state index contributed by atoms with van der Waals surface area (Å²) < 4.78 is 0. The van der Waals surface area contributed by atoms with Crippen LogP contribution in [-0.4, -0.2) is 28.7 Å². The van der Waals surface area contributed by atoms with Gasteiger partial charge < -0.3 is 4.90 Å². The van der Waals surface area contributed by atoms with Crippen molar-refractivity contribution in [1.82, 2.24) is 4.90 Å². The van der Waals surface area contributed by atoms with E-state index in [2.05, 4.69) is 20.8 Å². The second kappa shape index (κ2) is 4.32. The fourth-order valence-corrected chi connectivity index (χ4v) is 4.02. The van der Waals surface area contributed by atoms with Gasteiger partial charge >= 0.3 is 0 Å². The highest BCUT2D eigenvalue weighted by atomic mass is 79.9. The van der Waals surface area contributed by atoms with E-state index in [1.807, 2.05) is 0 Å². The lowest BCUT2D eigenvalue weighted by Gasteiger charge is -2.37. The average Bonchev–Trinajstić information content (AvgIpc) is 2.67. The van der Waals surface area contributed by atoms with Crippen LogP contribution in [0.15, 0.2) is 0 Å². The third-order valence-corrected chi connectivity index (χ3v) is 5.17. The number of amides is 1. The quantitative estimate of drug-likeness (QED) is 0.728. The normalized spacial score (nSPS) is 36.7. The molecule has 0 N–H and O–H groups in total. The molecule has 2 atom stereocenters. The third kappa shape index (κ3) is 1.71. The minimum absolute atomic E-state index is 0.424. The molecule has 0 aliphatic heterocycles. The van der Waals surface area contributed by atoms with Gasteiger partial charge in [-0.2, -0.15) is 0 Å². The Morgan fingerprint density at radius 2 is 1.75 bits per heavy atom. The first-order chi connectivity index (χ1) is 7.83. The fourth-order valence-electron chi connectivity index (χ4n) is 3.64. The molecule has 3 aliphatic carbocycles. The first kappa shape index (κ1) is 11.1. The van der Waals surface area contributed by atoms with Crippen molar-refractivity contribution in [2.24, 2.45) is 17.8 Å². The average molecular weight is 286 g/mol. The maximum Gasteiger partial charge on any atom is 0.226 e. The van der Waals surface area contributed by atoms with Crippen LogP contribution in [0.5, 0.6) is 0 Å². The van der Waals surface area contributed by atoms with Crippen molar-refractivity contribution in [2.45, 2.75) is 44.6 Å². The van der Waals surface area contributed by atoms with Crippen molar-refractivity contribution in [3.8, 4) is 0 Å². The number of alkyl halides is 1. The smallest absolute Gasteiger partial charge is 0.226 e. The van der Waals surface area contributed by atoms with Crippen LogP contribution in [0.3, 0.4) is 0 Å². The molecule has 2 nitrogen and oxygen atoms in total. The van der Waals surface area contributed by atoms with Crippen molar-refractivity contribution >= 4 is 21.8 Å². The molecule has 1 amide bonds. The Balaban J connectivity index is 1.62. The van der Waals surface area contributed by atoms with Gasteiger partial charge in [-0.3, -0.25) is 4.79 Å². The number of fused-ring (bicyclic) bond motifs is 1. The Kier molecular flexibility index (Phi) is 2.99. The van der Waals surface area contributed by atoms with E-state index >= 15 is 0 Å². The minimum Gasteiger partial charge on any atom is -0.339 e. The van der Waals surface area contributed by atoms with Crippen molar-refractivity contribution in [1.29, 1.82) is 0 Å². The number of halogens is 1. The van der Waals surface area contributed by atoms with Crippen molar-refractivity contribution in [3.63, 3.8) is 0 Å². The van der Waals surface area contributed by atoms with Gasteiger partial charge in [-0.25, -0.2) is 0 Å². The lowest BCUT2D eigenvalue weighted by molar-refractivity contribution is -0.137. The van der Waals surface area contributed by atoms with Crippen molar-refractivity contribution in [3.05, 3.63) is 0 Å². The van der Waals surface area contributed by atoms with E-state index in [9.17, 15) is 4.79 Å². The summed E-state index contributed by atoms with van der Waals surface area (Å²) in [6.45, 7) is 0.916. The number of rotatable bonds is 4. The van der Waals surface area contributed by atoms with E-state index in [-0.39, 0.29) is 0 Å². The standard InChI is InChI=1S/C13H20BrNO/c14-7-8-15(9-3-1-4-9)13(16)12-10-5-2-6-11(10)12/h9-12H,1-8H2. The van der Waals surface area contributed by atoms with Gasteiger partial charge in [0.1, 0.15) is 0 Å². The predicted octanol–water partition coefficient (Wildman–Crippen LogP) is 2.81. The van der Waals surface area contributed by atoms with Gasteiger partial charge in [-0.05, 0) is 43.9 Å². The van der Waals surface area contributed by atoms with E-state index < -0.39 is 0 Å². The number of hydrogen-bond acceptors (Lipinski definition) is 1. The van der Waals surface area contributed by atoms with Gasteiger partial charge in [0.25, 0.3) is 0 Å². The van der Waals surface area contributed by atoms with Gasteiger partial charge in [0.2, 0.25) is 5.91 Å². The number of hydrogen-bond donors (Lipinski definition) is 0. The molecule has 0 aromatic rings. The number of nitrogens with zero attached hydrogens (tertiary/aromatic N) is 1. The molecule has 0 aromatic heterocycles. The summed E-state index contributed by atoms with van der Waals surface area (Å²) in [5.41, 5.74) is 0. The molecular formula is C13H20BrNO. The van der Waals surface area contributed by atoms with Crippen LogP contribution < -0.4 is 0 Å². The van der Waals surface area contributed by atoms with Crippen LogP contribution >= 0.6 is 15.9 Å². The largest absolute Gasteiger partial charge is 0.339 e. The zero-order valence-electron chi connectivity index (χ0n) is 9.70. The van der Waals surface area contributed by atoms with Crippen molar-refractivity contribution in [2.75, 3.05) is 11.9 Å². The van der Waals surface area contributed by atoms with Crippen LogP contribution in [0.2, 0.25) is 0 Å². The Morgan fingerprint density at radius 3 is 2.25 bits per heavy atom. The summed E-state index contributed by atoms with van der Waals surface area (Å²) in [6, 6.07) is 0.575. The second-order valence-corrected chi connectivity index (χ2v) is 6.38. The van der Waals surface area contributed by atoms with Gasteiger partial charge in [0, 0.05) is 23.8 Å². The first-order valence-electron chi connectivity index (χ1n) is 6.69. The van der Waals surface area contributed by atoms with Gasteiger partial charge in [0.15, 0.2) is 0 Å². The zero-order valence-corrected chi connectivity index (χ0v) is 11.3. The molecule has 0 heterocycles. The van der Waals surface area contributed by atoms with E-state index in [0.717, 1.165) is 23.7 Å². The summed E-state index contributed by atoms with van der Waals surface area (Å²) in [6.07, 6.45) is 7.78. The highest BCUT2D eigenvalue weighted by Gasteiger charge is 2.57. The molecule has 0 aromatic carbocycles. The predicted molar refractivity (Wildman–Crippen MR) is 67.5 cm³/mol. The highest BCUT2D eigenvalue weighted by molar-refractivity contribution is 9.09. The Morgan fingerprint density at radius 1 is 1.12 bits per heavy atom. The topological polar surface area (TPSA) is 20.3 Å². The molecule has 0 saturated heterocycles. The lowest BCUT2D eigenvalue weighted by Crippen LogP contribution is -2.46. The van der Waals surface area contributed by atoms with Crippen molar-refractivity contribution < 1.29 is 4.79 Å². The molecule has 3 saturated carbocycles. The van der Waals surface area contributed by atoms with E-state index in [4.69, 9.17) is 0 Å². The lowest BCUT2D eigenvalue weighted by atomic mass is 9.91. The van der Waals surface area contributed by atoms with Gasteiger partial charge in [-0.15, -0.1) is 0 Å². The molecule has 2 unspecified atom stereocenters. The maximum absolute atomic E-state index is 12.4. The van der Waals surface area contributed by atoms with Gasteiger partial charge in [0.05, 0.1) is 0 Å². The molecule has 0 radical (unpaired) electrons. The van der Waals surface area contributed by atoms with E-state index in [0.29, 0.717) is 17.9 Å². The molecule has 90 valence electrons. The molecule has 3 rings (SSSR count). The molecule has 3 fully saturated rings. The van der Waals surface area contributed by atoms with E-state index in [1.165, 1.54) is 38.5 Å². The van der Waals surface area contributed by atoms with Crippen LogP contribution in [0.25, 0.3) is 0 Å². The van der Waals surface area contributed by atoms with Gasteiger partial charge in [-0.1, -0.05) is 22.4 Å². The number of carbonyl (C=O) groups is 1. The molecule has 16 heavy (non-hydrogen) atoms. The highest BCUT2D eigenvalue weighted by Crippen LogP contribution is 2.58. The van der Waals surface area contributed by atoms with Crippen LogP contribution in [-0.2, 0) is 4.79 Å². The Bertz CT molecular complexity index is 280. The summed E-state index contributed by atoms with van der Waals surface area (Å²) in [7, 11) is 0.